The highest BCUT2D eigenvalue weighted by Crippen LogP contribution is 2.16. The Morgan fingerprint density at radius 1 is 1.14 bits per heavy atom. The summed E-state index contributed by atoms with van der Waals surface area (Å²) in [5.41, 5.74) is 2.81. The van der Waals surface area contributed by atoms with Crippen molar-refractivity contribution in [1.29, 1.82) is 0 Å². The van der Waals surface area contributed by atoms with Crippen molar-refractivity contribution in [3.05, 3.63) is 53.9 Å². The van der Waals surface area contributed by atoms with E-state index in [9.17, 15) is 4.79 Å². The third-order valence-electron chi connectivity index (χ3n) is 2.36. The van der Waals surface area contributed by atoms with Gasteiger partial charge in [-0.05, 0) is 30.7 Å². The molecule has 0 aliphatic rings. The molecule has 0 aliphatic heterocycles. The van der Waals surface area contributed by atoms with Crippen molar-refractivity contribution in [3.8, 4) is 5.69 Å². The van der Waals surface area contributed by atoms with Crippen LogP contribution in [0.3, 0.4) is 0 Å². The molecule has 1 aromatic heterocycles. The molecule has 0 saturated carbocycles. The van der Waals surface area contributed by atoms with E-state index >= 15 is 0 Å². The maximum atomic E-state index is 10.7. The summed E-state index contributed by atoms with van der Waals surface area (Å²) in [7, 11) is 0. The average Bonchev–Trinajstić information content (AvgIpc) is 2.71. The molecule has 0 saturated heterocycles. The summed E-state index contributed by atoms with van der Waals surface area (Å²) in [5.74, 6) is 0. The number of hydrogen-bond acceptors (Lipinski definition) is 1. The molecule has 2 aromatic rings. The van der Waals surface area contributed by atoms with Gasteiger partial charge in [-0.1, -0.05) is 12.1 Å². The first-order chi connectivity index (χ1) is 6.83. The van der Waals surface area contributed by atoms with Gasteiger partial charge in [-0.25, -0.2) is 0 Å². The molecule has 0 radical (unpaired) electrons. The van der Waals surface area contributed by atoms with Crippen molar-refractivity contribution >= 4 is 6.29 Å². The molecule has 0 bridgehead atoms. The number of benzene rings is 1. The summed E-state index contributed by atoms with van der Waals surface area (Å²) in [5, 5.41) is 0. The summed E-state index contributed by atoms with van der Waals surface area (Å²) in [6.07, 6.45) is 4.83. The molecular formula is C12H11NO. The first-order valence-corrected chi connectivity index (χ1v) is 4.51. The topological polar surface area (TPSA) is 22.0 Å². The Kier molecular flexibility index (Phi) is 2.19. The first kappa shape index (κ1) is 8.75. The lowest BCUT2D eigenvalue weighted by Crippen LogP contribution is -1.96. The Morgan fingerprint density at radius 2 is 1.86 bits per heavy atom. The highest BCUT2D eigenvalue weighted by atomic mass is 16.1. The van der Waals surface area contributed by atoms with Crippen molar-refractivity contribution in [2.45, 2.75) is 6.92 Å². The molecule has 0 spiro atoms. The van der Waals surface area contributed by atoms with Gasteiger partial charge in [0.1, 0.15) is 6.29 Å². The van der Waals surface area contributed by atoms with Crippen LogP contribution in [0.1, 0.15) is 15.9 Å². The zero-order valence-corrected chi connectivity index (χ0v) is 7.97. The summed E-state index contributed by atoms with van der Waals surface area (Å²) in [6, 6.07) is 9.66. The van der Waals surface area contributed by atoms with E-state index in [-0.39, 0.29) is 0 Å². The summed E-state index contributed by atoms with van der Waals surface area (Å²) in [6.45, 7) is 1.96. The van der Waals surface area contributed by atoms with Crippen molar-refractivity contribution < 1.29 is 4.79 Å². The molecule has 0 aliphatic carbocycles. The molecule has 2 rings (SSSR count). The van der Waals surface area contributed by atoms with Gasteiger partial charge in [0.15, 0.2) is 0 Å². The number of hydrogen-bond donors (Lipinski definition) is 0. The van der Waals surface area contributed by atoms with E-state index in [1.54, 1.807) is 0 Å². The molecule has 0 fully saturated rings. The molecule has 1 heterocycles. The van der Waals surface area contributed by atoms with Gasteiger partial charge in [0, 0.05) is 23.6 Å². The molecule has 0 atom stereocenters. The third-order valence-corrected chi connectivity index (χ3v) is 2.36. The van der Waals surface area contributed by atoms with Crippen molar-refractivity contribution in [1.82, 2.24) is 4.57 Å². The van der Waals surface area contributed by atoms with E-state index in [1.165, 1.54) is 0 Å². The highest BCUT2D eigenvalue weighted by molar-refractivity contribution is 5.79. The SMILES string of the molecule is Cc1c(C=O)cccc1-n1cccc1. The number of carbonyl (C=O) groups excluding carboxylic acids is 1. The molecule has 2 heteroatoms. The maximum absolute atomic E-state index is 10.7. The van der Waals surface area contributed by atoms with E-state index in [2.05, 4.69) is 0 Å². The molecule has 1 aromatic carbocycles. The van der Waals surface area contributed by atoms with Crippen molar-refractivity contribution in [2.75, 3.05) is 0 Å². The van der Waals surface area contributed by atoms with Crippen LogP contribution < -0.4 is 0 Å². The fraction of sp³-hybridized carbons (Fsp3) is 0.0833. The van der Waals surface area contributed by atoms with Crippen LogP contribution in [0.2, 0.25) is 0 Å². The fourth-order valence-electron chi connectivity index (χ4n) is 1.54. The van der Waals surface area contributed by atoms with Crippen molar-refractivity contribution in [2.24, 2.45) is 0 Å². The lowest BCUT2D eigenvalue weighted by atomic mass is 10.1. The minimum absolute atomic E-state index is 0.746. The van der Waals surface area contributed by atoms with Gasteiger partial charge < -0.3 is 4.57 Å². The zero-order valence-electron chi connectivity index (χ0n) is 7.97. The minimum atomic E-state index is 0.746. The van der Waals surface area contributed by atoms with Gasteiger partial charge >= 0.3 is 0 Å². The van der Waals surface area contributed by atoms with Crippen LogP contribution in [0.4, 0.5) is 0 Å². The Balaban J connectivity index is 2.60. The standard InChI is InChI=1S/C12H11NO/c1-10-11(9-14)5-4-6-12(10)13-7-2-3-8-13/h2-9H,1H3. The van der Waals surface area contributed by atoms with Gasteiger partial charge in [-0.3, -0.25) is 4.79 Å². The number of carbonyl (C=O) groups is 1. The quantitative estimate of drug-likeness (QED) is 0.659. The van der Waals surface area contributed by atoms with Crippen LogP contribution in [0.15, 0.2) is 42.7 Å². The lowest BCUT2D eigenvalue weighted by Gasteiger charge is -2.08. The predicted octanol–water partition coefficient (Wildman–Crippen LogP) is 2.60. The number of rotatable bonds is 2. The van der Waals surface area contributed by atoms with E-state index in [4.69, 9.17) is 0 Å². The molecule has 14 heavy (non-hydrogen) atoms. The smallest absolute Gasteiger partial charge is 0.150 e. The number of aldehydes is 1. The lowest BCUT2D eigenvalue weighted by molar-refractivity contribution is 0.112. The zero-order chi connectivity index (χ0) is 9.97. The maximum Gasteiger partial charge on any atom is 0.150 e. The van der Waals surface area contributed by atoms with Gasteiger partial charge in [-0.15, -0.1) is 0 Å². The average molecular weight is 185 g/mol. The molecule has 0 unspecified atom stereocenters. The van der Waals surface area contributed by atoms with Gasteiger partial charge in [-0.2, -0.15) is 0 Å². The van der Waals surface area contributed by atoms with Crippen LogP contribution in [-0.2, 0) is 0 Å². The minimum Gasteiger partial charge on any atom is -0.324 e. The Morgan fingerprint density at radius 3 is 2.50 bits per heavy atom. The first-order valence-electron chi connectivity index (χ1n) is 4.51. The fourth-order valence-corrected chi connectivity index (χ4v) is 1.54. The van der Waals surface area contributed by atoms with Crippen molar-refractivity contribution in [3.63, 3.8) is 0 Å². The Hall–Kier alpha value is -1.83. The van der Waals surface area contributed by atoms with E-state index < -0.39 is 0 Å². The number of aromatic nitrogens is 1. The second-order valence-corrected chi connectivity index (χ2v) is 3.20. The largest absolute Gasteiger partial charge is 0.324 e. The van der Waals surface area contributed by atoms with Crippen LogP contribution in [0.5, 0.6) is 0 Å². The Labute approximate surface area is 82.8 Å². The summed E-state index contributed by atoms with van der Waals surface area (Å²) < 4.78 is 2.00. The van der Waals surface area contributed by atoms with Crippen LogP contribution in [0, 0.1) is 6.92 Å². The second-order valence-electron chi connectivity index (χ2n) is 3.20. The second kappa shape index (κ2) is 3.50. The van der Waals surface area contributed by atoms with Gasteiger partial charge in [0.25, 0.3) is 0 Å². The molecular weight excluding hydrogens is 174 g/mol. The Bertz CT molecular complexity index is 443. The molecule has 0 amide bonds. The predicted molar refractivity (Wildman–Crippen MR) is 55.9 cm³/mol. The van der Waals surface area contributed by atoms with Gasteiger partial charge in [0.2, 0.25) is 0 Å². The van der Waals surface area contributed by atoms with E-state index in [0.29, 0.717) is 0 Å². The van der Waals surface area contributed by atoms with Gasteiger partial charge in [0.05, 0.1) is 0 Å². The molecule has 70 valence electrons. The summed E-state index contributed by atoms with van der Waals surface area (Å²) >= 11 is 0. The van der Waals surface area contributed by atoms with E-state index in [0.717, 1.165) is 23.1 Å². The van der Waals surface area contributed by atoms with Crippen LogP contribution in [0.25, 0.3) is 5.69 Å². The number of nitrogens with zero attached hydrogens (tertiary/aromatic N) is 1. The third kappa shape index (κ3) is 1.35. The monoisotopic (exact) mass is 185 g/mol. The highest BCUT2D eigenvalue weighted by Gasteiger charge is 2.03. The van der Waals surface area contributed by atoms with Crippen LogP contribution in [-0.4, -0.2) is 10.9 Å². The normalized spacial score (nSPS) is 10.1. The summed E-state index contributed by atoms with van der Waals surface area (Å²) in [4.78, 5) is 10.7. The van der Waals surface area contributed by atoms with E-state index in [1.807, 2.05) is 54.2 Å². The molecule has 2 nitrogen and oxygen atoms in total. The van der Waals surface area contributed by atoms with Crippen LogP contribution >= 0.6 is 0 Å². The molecule has 0 N–H and O–H groups in total.